The lowest BCUT2D eigenvalue weighted by Gasteiger charge is -2.16. The summed E-state index contributed by atoms with van der Waals surface area (Å²) in [7, 11) is 0. The van der Waals surface area contributed by atoms with Gasteiger partial charge in [-0.3, -0.25) is 4.79 Å². The van der Waals surface area contributed by atoms with E-state index in [9.17, 15) is 15.0 Å². The van der Waals surface area contributed by atoms with Crippen molar-refractivity contribution in [3.8, 4) is 0 Å². The lowest BCUT2D eigenvalue weighted by atomic mass is 10.1. The highest BCUT2D eigenvalue weighted by atomic mass is 32.1. The molecule has 1 amide bonds. The van der Waals surface area contributed by atoms with Crippen LogP contribution in [-0.2, 0) is 4.79 Å². The molecule has 6 heteroatoms. The van der Waals surface area contributed by atoms with Gasteiger partial charge < -0.3 is 15.5 Å². The number of hydrogen-bond acceptors (Lipinski definition) is 5. The Morgan fingerprint density at radius 1 is 1.12 bits per heavy atom. The van der Waals surface area contributed by atoms with E-state index < -0.39 is 18.1 Å². The molecule has 3 N–H and O–H groups in total. The summed E-state index contributed by atoms with van der Waals surface area (Å²) in [4.78, 5) is 16.5. The monoisotopic (exact) mass is 342 g/mol. The average Bonchev–Trinajstić information content (AvgIpc) is 2.96. The Bertz CT molecular complexity index is 838. The van der Waals surface area contributed by atoms with E-state index in [2.05, 4.69) is 10.3 Å². The summed E-state index contributed by atoms with van der Waals surface area (Å²) in [6, 6.07) is 13.0. The van der Waals surface area contributed by atoms with Crippen molar-refractivity contribution in [3.05, 3.63) is 58.6 Å². The van der Waals surface area contributed by atoms with Gasteiger partial charge in [0.2, 0.25) is 0 Å². The molecule has 0 aliphatic rings. The Kier molecular flexibility index (Phi) is 4.62. The summed E-state index contributed by atoms with van der Waals surface area (Å²) in [5.41, 5.74) is 3.34. The summed E-state index contributed by atoms with van der Waals surface area (Å²) in [6.45, 7) is 3.85. The molecule has 2 atom stereocenters. The van der Waals surface area contributed by atoms with Crippen LogP contribution in [0, 0.1) is 13.8 Å². The van der Waals surface area contributed by atoms with Gasteiger partial charge in [0.05, 0.1) is 10.2 Å². The molecule has 2 aromatic carbocycles. The number of fused-ring (bicyclic) bond motifs is 1. The Balaban J connectivity index is 1.76. The van der Waals surface area contributed by atoms with Crippen molar-refractivity contribution >= 4 is 33.1 Å². The number of thiazole rings is 1. The van der Waals surface area contributed by atoms with Gasteiger partial charge in [0, 0.05) is 5.69 Å². The number of aromatic nitrogens is 1. The zero-order valence-electron chi connectivity index (χ0n) is 13.4. The van der Waals surface area contributed by atoms with Crippen molar-refractivity contribution in [2.24, 2.45) is 0 Å². The van der Waals surface area contributed by atoms with E-state index in [0.29, 0.717) is 10.7 Å². The topological polar surface area (TPSA) is 82.5 Å². The third kappa shape index (κ3) is 3.46. The molecule has 124 valence electrons. The quantitative estimate of drug-likeness (QED) is 0.681. The number of aliphatic hydroxyl groups excluding tert-OH is 2. The Labute approximate surface area is 143 Å². The molecule has 2 unspecified atom stereocenters. The van der Waals surface area contributed by atoms with Crippen LogP contribution in [-0.4, -0.2) is 27.2 Å². The van der Waals surface area contributed by atoms with E-state index >= 15 is 0 Å². The van der Waals surface area contributed by atoms with Gasteiger partial charge in [0.15, 0.2) is 6.10 Å². The molecule has 1 heterocycles. The van der Waals surface area contributed by atoms with Gasteiger partial charge in [-0.15, -0.1) is 11.3 Å². The number of rotatable bonds is 4. The molecule has 0 radical (unpaired) electrons. The number of carbonyl (C=O) groups excluding carboxylic acids is 1. The van der Waals surface area contributed by atoms with E-state index in [1.54, 1.807) is 0 Å². The third-order valence-electron chi connectivity index (χ3n) is 3.62. The minimum Gasteiger partial charge on any atom is -0.383 e. The fourth-order valence-corrected chi connectivity index (χ4v) is 3.54. The molecule has 5 nitrogen and oxygen atoms in total. The highest BCUT2D eigenvalue weighted by Crippen LogP contribution is 2.28. The Hall–Kier alpha value is -2.28. The number of carbonyl (C=O) groups is 1. The van der Waals surface area contributed by atoms with Crippen molar-refractivity contribution in [2.75, 3.05) is 5.32 Å². The molecule has 0 spiro atoms. The molecule has 1 aromatic heterocycles. The molecule has 0 bridgehead atoms. The fourth-order valence-electron chi connectivity index (χ4n) is 2.56. The van der Waals surface area contributed by atoms with Crippen LogP contribution in [0.2, 0.25) is 0 Å². The van der Waals surface area contributed by atoms with Crippen LogP contribution in [0.15, 0.2) is 42.5 Å². The number of benzene rings is 2. The minimum atomic E-state index is -1.59. The van der Waals surface area contributed by atoms with Crippen molar-refractivity contribution in [2.45, 2.75) is 26.1 Å². The maximum atomic E-state index is 12.2. The van der Waals surface area contributed by atoms with Crippen LogP contribution in [0.5, 0.6) is 0 Å². The summed E-state index contributed by atoms with van der Waals surface area (Å²) in [5.74, 6) is -0.660. The SMILES string of the molecule is Cc1cc(C)cc(NC(=O)C(O)C(O)c2nc3ccccc3s2)c1. The number of nitrogens with one attached hydrogen (secondary N) is 1. The number of para-hydroxylation sites is 1. The number of aliphatic hydroxyl groups is 2. The summed E-state index contributed by atoms with van der Waals surface area (Å²) >= 11 is 1.26. The van der Waals surface area contributed by atoms with Gasteiger partial charge in [-0.2, -0.15) is 0 Å². The van der Waals surface area contributed by atoms with Crippen LogP contribution in [0.4, 0.5) is 5.69 Å². The zero-order valence-corrected chi connectivity index (χ0v) is 14.2. The second-order valence-electron chi connectivity index (χ2n) is 5.78. The largest absolute Gasteiger partial charge is 0.383 e. The van der Waals surface area contributed by atoms with E-state index in [4.69, 9.17) is 0 Å². The predicted octanol–water partition coefficient (Wildman–Crippen LogP) is 2.95. The second kappa shape index (κ2) is 6.68. The summed E-state index contributed by atoms with van der Waals surface area (Å²) in [6.07, 6.45) is -2.96. The standard InChI is InChI=1S/C18H18N2O3S/c1-10-7-11(2)9-12(8-10)19-17(23)15(21)16(22)18-20-13-5-3-4-6-14(13)24-18/h3-9,15-16,21-22H,1-2H3,(H,19,23). The highest BCUT2D eigenvalue weighted by molar-refractivity contribution is 7.18. The first-order valence-corrected chi connectivity index (χ1v) is 8.36. The number of anilines is 1. The Morgan fingerprint density at radius 3 is 2.46 bits per heavy atom. The van der Waals surface area contributed by atoms with E-state index in [1.807, 2.05) is 56.3 Å². The molecule has 0 aliphatic carbocycles. The van der Waals surface area contributed by atoms with Crippen LogP contribution >= 0.6 is 11.3 Å². The second-order valence-corrected chi connectivity index (χ2v) is 6.84. The van der Waals surface area contributed by atoms with Crippen molar-refractivity contribution in [1.82, 2.24) is 4.98 Å². The molecule has 0 fully saturated rings. The fraction of sp³-hybridized carbons (Fsp3) is 0.222. The van der Waals surface area contributed by atoms with Gasteiger partial charge in [-0.05, 0) is 49.2 Å². The average molecular weight is 342 g/mol. The van der Waals surface area contributed by atoms with Gasteiger partial charge >= 0.3 is 0 Å². The van der Waals surface area contributed by atoms with Gasteiger partial charge in [0.25, 0.3) is 5.91 Å². The number of aryl methyl sites for hydroxylation is 2. The molecular formula is C18H18N2O3S. The Morgan fingerprint density at radius 2 is 1.79 bits per heavy atom. The summed E-state index contributed by atoms with van der Waals surface area (Å²) < 4.78 is 0.897. The maximum absolute atomic E-state index is 12.2. The molecule has 0 saturated heterocycles. The summed E-state index contributed by atoms with van der Waals surface area (Å²) in [5, 5.41) is 23.4. The molecule has 3 rings (SSSR count). The molecule has 3 aromatic rings. The van der Waals surface area contributed by atoms with E-state index in [-0.39, 0.29) is 0 Å². The normalized spacial score (nSPS) is 13.7. The number of amides is 1. The van der Waals surface area contributed by atoms with Crippen molar-refractivity contribution in [1.29, 1.82) is 0 Å². The van der Waals surface area contributed by atoms with Gasteiger partial charge in [-0.1, -0.05) is 18.2 Å². The van der Waals surface area contributed by atoms with E-state index in [0.717, 1.165) is 21.3 Å². The first-order valence-electron chi connectivity index (χ1n) is 7.55. The van der Waals surface area contributed by atoms with Crippen molar-refractivity contribution < 1.29 is 15.0 Å². The van der Waals surface area contributed by atoms with Crippen LogP contribution in [0.1, 0.15) is 22.2 Å². The van der Waals surface area contributed by atoms with Gasteiger partial charge in [-0.25, -0.2) is 4.98 Å². The lowest BCUT2D eigenvalue weighted by molar-refractivity contribution is -0.129. The molecule has 0 aliphatic heterocycles. The first-order chi connectivity index (χ1) is 11.4. The highest BCUT2D eigenvalue weighted by Gasteiger charge is 2.28. The van der Waals surface area contributed by atoms with Crippen LogP contribution in [0.3, 0.4) is 0 Å². The molecule has 0 saturated carbocycles. The third-order valence-corrected chi connectivity index (χ3v) is 4.73. The predicted molar refractivity (Wildman–Crippen MR) is 95.1 cm³/mol. The first kappa shape index (κ1) is 16.6. The minimum absolute atomic E-state index is 0.319. The zero-order chi connectivity index (χ0) is 17.3. The van der Waals surface area contributed by atoms with E-state index in [1.165, 1.54) is 11.3 Å². The van der Waals surface area contributed by atoms with Crippen LogP contribution in [0.25, 0.3) is 10.2 Å². The number of hydrogen-bond donors (Lipinski definition) is 3. The smallest absolute Gasteiger partial charge is 0.256 e. The number of nitrogens with zero attached hydrogens (tertiary/aromatic N) is 1. The van der Waals surface area contributed by atoms with Crippen molar-refractivity contribution in [3.63, 3.8) is 0 Å². The molecule has 24 heavy (non-hydrogen) atoms. The lowest BCUT2D eigenvalue weighted by Crippen LogP contribution is -2.33. The maximum Gasteiger partial charge on any atom is 0.256 e. The van der Waals surface area contributed by atoms with Crippen LogP contribution < -0.4 is 5.32 Å². The van der Waals surface area contributed by atoms with Gasteiger partial charge in [0.1, 0.15) is 11.1 Å². The molecular weight excluding hydrogens is 324 g/mol.